The number of carbonyl (C=O) groups excluding carboxylic acids is 1. The van der Waals surface area contributed by atoms with E-state index in [4.69, 9.17) is 0 Å². The number of rotatable bonds is 7. The van der Waals surface area contributed by atoms with Crippen LogP contribution in [0.3, 0.4) is 0 Å². The normalized spacial score (nSPS) is 10.8. The van der Waals surface area contributed by atoms with E-state index in [1.165, 1.54) is 17.8 Å². The molecule has 0 fully saturated rings. The van der Waals surface area contributed by atoms with E-state index >= 15 is 0 Å². The van der Waals surface area contributed by atoms with Gasteiger partial charge in [0.25, 0.3) is 0 Å². The maximum Gasteiger partial charge on any atom is 0.234 e. The molecule has 0 aliphatic rings. The van der Waals surface area contributed by atoms with E-state index in [9.17, 15) is 9.18 Å². The van der Waals surface area contributed by atoms with Gasteiger partial charge in [0.1, 0.15) is 5.82 Å². The standard InChI is InChI=1S/C25H24FN5OS/c1-17-8-12-20(13-9-17)31-24(21-6-4-5-7-22(21)26)28-29-25(31)33-16-23(32)27-18-10-14-19(15-11-18)30(2)3/h4-15H,16H2,1-3H3,(H,27,32). The first kappa shape index (κ1) is 22.5. The van der Waals surface area contributed by atoms with E-state index in [-0.39, 0.29) is 17.5 Å². The Hall–Kier alpha value is -3.65. The van der Waals surface area contributed by atoms with Crippen LogP contribution in [-0.4, -0.2) is 40.5 Å². The number of hydrogen-bond donors (Lipinski definition) is 1. The van der Waals surface area contributed by atoms with Crippen molar-refractivity contribution in [1.82, 2.24) is 14.8 Å². The fourth-order valence-corrected chi connectivity index (χ4v) is 4.03. The molecule has 3 aromatic carbocycles. The summed E-state index contributed by atoms with van der Waals surface area (Å²) in [5.41, 5.74) is 4.02. The SMILES string of the molecule is Cc1ccc(-n2c(SCC(=O)Nc3ccc(N(C)C)cc3)nnc2-c2ccccc2F)cc1. The molecule has 0 bridgehead atoms. The highest BCUT2D eigenvalue weighted by Crippen LogP contribution is 2.29. The van der Waals surface area contributed by atoms with Crippen molar-refractivity contribution in [3.05, 3.63) is 84.2 Å². The van der Waals surface area contributed by atoms with Gasteiger partial charge < -0.3 is 10.2 Å². The maximum atomic E-state index is 14.5. The van der Waals surface area contributed by atoms with E-state index in [1.807, 2.05) is 74.4 Å². The van der Waals surface area contributed by atoms with Crippen LogP contribution in [0, 0.1) is 12.7 Å². The number of amides is 1. The smallest absolute Gasteiger partial charge is 0.234 e. The fourth-order valence-electron chi connectivity index (χ4n) is 3.28. The summed E-state index contributed by atoms with van der Waals surface area (Å²) in [5, 5.41) is 11.9. The lowest BCUT2D eigenvalue weighted by Gasteiger charge is -2.13. The molecule has 4 aromatic rings. The molecule has 8 heteroatoms. The quantitative estimate of drug-likeness (QED) is 0.384. The predicted octanol–water partition coefficient (Wildman–Crippen LogP) is 5.18. The topological polar surface area (TPSA) is 63.1 Å². The van der Waals surface area contributed by atoms with E-state index in [0.29, 0.717) is 16.5 Å². The molecule has 4 rings (SSSR count). The first-order valence-electron chi connectivity index (χ1n) is 10.4. The van der Waals surface area contributed by atoms with Gasteiger partial charge in [-0.3, -0.25) is 9.36 Å². The van der Waals surface area contributed by atoms with Crippen LogP contribution in [0.5, 0.6) is 0 Å². The summed E-state index contributed by atoms with van der Waals surface area (Å²) < 4.78 is 16.3. The largest absolute Gasteiger partial charge is 0.378 e. The van der Waals surface area contributed by atoms with Gasteiger partial charge >= 0.3 is 0 Å². The highest BCUT2D eigenvalue weighted by Gasteiger charge is 2.19. The minimum atomic E-state index is -0.381. The van der Waals surface area contributed by atoms with Gasteiger partial charge in [-0.05, 0) is 55.5 Å². The van der Waals surface area contributed by atoms with E-state index < -0.39 is 0 Å². The van der Waals surface area contributed by atoms with Crippen LogP contribution in [0.1, 0.15) is 5.56 Å². The molecule has 6 nitrogen and oxygen atoms in total. The van der Waals surface area contributed by atoms with E-state index in [0.717, 1.165) is 22.6 Å². The average molecular weight is 462 g/mol. The Kier molecular flexibility index (Phi) is 6.74. The molecule has 0 unspecified atom stereocenters. The first-order chi connectivity index (χ1) is 15.9. The summed E-state index contributed by atoms with van der Waals surface area (Å²) in [5.74, 6) is -0.0205. The summed E-state index contributed by atoms with van der Waals surface area (Å²) in [7, 11) is 3.92. The molecule has 0 saturated heterocycles. The number of benzene rings is 3. The monoisotopic (exact) mass is 461 g/mol. The summed E-state index contributed by atoms with van der Waals surface area (Å²) in [6.45, 7) is 2.00. The number of hydrogen-bond acceptors (Lipinski definition) is 5. The number of aryl methyl sites for hydroxylation is 1. The second-order valence-corrected chi connectivity index (χ2v) is 8.68. The zero-order chi connectivity index (χ0) is 23.4. The Labute approximate surface area is 196 Å². The molecule has 1 N–H and O–H groups in total. The molecule has 0 aliphatic carbocycles. The summed E-state index contributed by atoms with van der Waals surface area (Å²) in [6.07, 6.45) is 0. The van der Waals surface area contributed by atoms with Crippen LogP contribution in [0.15, 0.2) is 78.0 Å². The van der Waals surface area contributed by atoms with Crippen molar-refractivity contribution in [2.45, 2.75) is 12.1 Å². The maximum absolute atomic E-state index is 14.5. The third-order valence-corrected chi connectivity index (χ3v) is 5.97. The number of nitrogens with zero attached hydrogens (tertiary/aromatic N) is 4. The second kappa shape index (κ2) is 9.87. The predicted molar refractivity (Wildman–Crippen MR) is 132 cm³/mol. The molecule has 0 aliphatic heterocycles. The van der Waals surface area contributed by atoms with Gasteiger partial charge in [-0.1, -0.05) is 41.6 Å². The van der Waals surface area contributed by atoms with Gasteiger partial charge in [-0.15, -0.1) is 10.2 Å². The van der Waals surface area contributed by atoms with E-state index in [2.05, 4.69) is 15.5 Å². The zero-order valence-electron chi connectivity index (χ0n) is 18.6. The van der Waals surface area contributed by atoms with Crippen LogP contribution >= 0.6 is 11.8 Å². The minimum absolute atomic E-state index is 0.136. The number of anilines is 2. The van der Waals surface area contributed by atoms with Gasteiger partial charge in [-0.2, -0.15) is 0 Å². The van der Waals surface area contributed by atoms with Crippen molar-refractivity contribution >= 4 is 29.0 Å². The van der Waals surface area contributed by atoms with E-state index in [1.54, 1.807) is 22.8 Å². The van der Waals surface area contributed by atoms with Crippen molar-refractivity contribution in [1.29, 1.82) is 0 Å². The van der Waals surface area contributed by atoms with Crippen LogP contribution in [-0.2, 0) is 4.79 Å². The molecule has 168 valence electrons. The van der Waals surface area contributed by atoms with Gasteiger partial charge in [-0.25, -0.2) is 4.39 Å². The Bertz CT molecular complexity index is 1250. The third kappa shape index (κ3) is 5.23. The molecule has 1 amide bonds. The van der Waals surface area contributed by atoms with Crippen molar-refractivity contribution < 1.29 is 9.18 Å². The number of halogens is 1. The molecule has 0 spiro atoms. The lowest BCUT2D eigenvalue weighted by molar-refractivity contribution is -0.113. The first-order valence-corrected chi connectivity index (χ1v) is 11.4. The van der Waals surface area contributed by atoms with Crippen molar-refractivity contribution in [3.8, 4) is 17.1 Å². The molecule has 0 radical (unpaired) electrons. The highest BCUT2D eigenvalue weighted by molar-refractivity contribution is 7.99. The highest BCUT2D eigenvalue weighted by atomic mass is 32.2. The molecule has 33 heavy (non-hydrogen) atoms. The molecule has 0 atom stereocenters. The second-order valence-electron chi connectivity index (χ2n) is 7.74. The number of carbonyl (C=O) groups is 1. The van der Waals surface area contributed by atoms with Crippen molar-refractivity contribution in [3.63, 3.8) is 0 Å². The van der Waals surface area contributed by atoms with Crippen LogP contribution in [0.25, 0.3) is 17.1 Å². The number of nitrogens with one attached hydrogen (secondary N) is 1. The van der Waals surface area contributed by atoms with Crippen LogP contribution in [0.2, 0.25) is 0 Å². The van der Waals surface area contributed by atoms with Gasteiger partial charge in [0.15, 0.2) is 11.0 Å². The zero-order valence-corrected chi connectivity index (χ0v) is 19.4. The Balaban J connectivity index is 1.56. The molecule has 0 saturated carbocycles. The summed E-state index contributed by atoms with van der Waals surface area (Å²) in [6, 6.07) is 21.9. The lowest BCUT2D eigenvalue weighted by Crippen LogP contribution is -2.15. The Morgan fingerprint density at radius 1 is 1.00 bits per heavy atom. The van der Waals surface area contributed by atoms with Gasteiger partial charge in [0.05, 0.1) is 11.3 Å². The Morgan fingerprint density at radius 2 is 1.70 bits per heavy atom. The van der Waals surface area contributed by atoms with Crippen molar-refractivity contribution in [2.75, 3.05) is 30.1 Å². The molecule has 1 aromatic heterocycles. The number of thioether (sulfide) groups is 1. The fraction of sp³-hybridized carbons (Fsp3) is 0.160. The van der Waals surface area contributed by atoms with Crippen LogP contribution in [0.4, 0.5) is 15.8 Å². The average Bonchev–Trinajstić information content (AvgIpc) is 3.22. The molecule has 1 heterocycles. The Morgan fingerprint density at radius 3 is 2.36 bits per heavy atom. The third-order valence-electron chi connectivity index (χ3n) is 5.04. The molecular weight excluding hydrogens is 437 g/mol. The summed E-state index contributed by atoms with van der Waals surface area (Å²) in [4.78, 5) is 14.6. The van der Waals surface area contributed by atoms with Crippen LogP contribution < -0.4 is 10.2 Å². The van der Waals surface area contributed by atoms with Crippen molar-refractivity contribution in [2.24, 2.45) is 0 Å². The number of aromatic nitrogens is 3. The molecular formula is C25H24FN5OS. The lowest BCUT2D eigenvalue weighted by atomic mass is 10.2. The minimum Gasteiger partial charge on any atom is -0.378 e. The van der Waals surface area contributed by atoms with Gasteiger partial charge in [0, 0.05) is 31.2 Å². The summed E-state index contributed by atoms with van der Waals surface area (Å²) >= 11 is 1.25. The van der Waals surface area contributed by atoms with Gasteiger partial charge in [0.2, 0.25) is 5.91 Å².